The van der Waals surface area contributed by atoms with Gasteiger partial charge in [-0.2, -0.15) is 4.98 Å². The molecule has 0 aromatic carbocycles. The van der Waals surface area contributed by atoms with Gasteiger partial charge in [0.1, 0.15) is 10.7 Å². The van der Waals surface area contributed by atoms with E-state index < -0.39 is 10.8 Å². The Bertz CT molecular complexity index is 1220. The molecule has 0 radical (unpaired) electrons. The minimum atomic E-state index is -1.12. The second kappa shape index (κ2) is 8.26. The number of hydrogen-bond acceptors (Lipinski definition) is 9. The molecule has 172 valence electrons. The first-order chi connectivity index (χ1) is 16.0. The molecule has 0 saturated heterocycles. The van der Waals surface area contributed by atoms with Crippen LogP contribution in [-0.4, -0.2) is 47.2 Å². The monoisotopic (exact) mass is 502 g/mol. The largest absolute Gasteiger partial charge is 0.394 e. The van der Waals surface area contributed by atoms with E-state index in [0.29, 0.717) is 41.5 Å². The Morgan fingerprint density at radius 3 is 2.73 bits per heavy atom. The fourth-order valence-corrected chi connectivity index (χ4v) is 7.20. The van der Waals surface area contributed by atoms with E-state index in [-0.39, 0.29) is 12.1 Å². The topological polar surface area (TPSA) is 104 Å². The molecule has 2 N–H and O–H groups in total. The number of hydrogen-bond donors (Lipinski definition) is 2. The molecular formula is C22H23ClN6O2S2. The highest BCUT2D eigenvalue weighted by molar-refractivity contribution is 7.85. The summed E-state index contributed by atoms with van der Waals surface area (Å²) in [6.45, 7) is 1.45. The minimum absolute atomic E-state index is 0.0459. The van der Waals surface area contributed by atoms with Crippen LogP contribution in [0.5, 0.6) is 0 Å². The number of halogens is 1. The van der Waals surface area contributed by atoms with E-state index in [0.717, 1.165) is 47.6 Å². The molecule has 1 fully saturated rings. The molecule has 0 unspecified atom stereocenters. The van der Waals surface area contributed by atoms with Crippen LogP contribution in [0.25, 0.3) is 10.7 Å². The van der Waals surface area contributed by atoms with Crippen molar-refractivity contribution in [2.75, 3.05) is 22.6 Å². The van der Waals surface area contributed by atoms with Gasteiger partial charge in [0.05, 0.1) is 45.1 Å². The van der Waals surface area contributed by atoms with E-state index in [4.69, 9.17) is 21.6 Å². The van der Waals surface area contributed by atoms with Crippen molar-refractivity contribution in [2.24, 2.45) is 0 Å². The van der Waals surface area contributed by atoms with E-state index in [2.05, 4.69) is 26.3 Å². The second-order valence-corrected chi connectivity index (χ2v) is 11.9. The highest BCUT2D eigenvalue weighted by Gasteiger charge is 2.39. The lowest BCUT2D eigenvalue weighted by molar-refractivity contribution is 0.143. The van der Waals surface area contributed by atoms with Crippen molar-refractivity contribution in [3.8, 4) is 10.7 Å². The van der Waals surface area contributed by atoms with Crippen LogP contribution in [0.3, 0.4) is 0 Å². The van der Waals surface area contributed by atoms with Gasteiger partial charge in [-0.25, -0.2) is 15.0 Å². The fourth-order valence-electron chi connectivity index (χ4n) is 4.63. The Morgan fingerprint density at radius 1 is 1.21 bits per heavy atom. The van der Waals surface area contributed by atoms with E-state index in [1.807, 2.05) is 0 Å². The zero-order valence-corrected chi connectivity index (χ0v) is 20.3. The Labute approximate surface area is 202 Å². The van der Waals surface area contributed by atoms with Gasteiger partial charge in [0, 0.05) is 29.6 Å². The summed E-state index contributed by atoms with van der Waals surface area (Å²) in [5, 5.41) is 14.0. The number of fused-ring (bicyclic) bond motifs is 2. The van der Waals surface area contributed by atoms with Crippen molar-refractivity contribution in [1.29, 1.82) is 0 Å². The molecule has 5 heterocycles. The van der Waals surface area contributed by atoms with Gasteiger partial charge in [-0.15, -0.1) is 11.3 Å². The van der Waals surface area contributed by atoms with Gasteiger partial charge < -0.3 is 15.3 Å². The molecule has 6 rings (SSSR count). The maximum absolute atomic E-state index is 12.8. The van der Waals surface area contributed by atoms with Gasteiger partial charge in [0.25, 0.3) is 0 Å². The molecule has 0 amide bonds. The zero-order chi connectivity index (χ0) is 22.6. The third kappa shape index (κ3) is 3.82. The van der Waals surface area contributed by atoms with E-state index in [1.54, 1.807) is 23.7 Å². The lowest BCUT2D eigenvalue weighted by atomic mass is 9.77. The van der Waals surface area contributed by atoms with Crippen LogP contribution in [0, 0.1) is 0 Å². The van der Waals surface area contributed by atoms with Crippen molar-refractivity contribution in [1.82, 2.24) is 19.9 Å². The molecule has 11 heteroatoms. The molecule has 8 nitrogen and oxygen atoms in total. The number of thiophene rings is 1. The highest BCUT2D eigenvalue weighted by Crippen LogP contribution is 2.40. The SMILES string of the molecule is O=[S@@]1CCCc2nc(N3Cc4cc(-c5ncc(Cl)cn5)sc4C3)nc(NC3(CO)CCC3)c21. The third-order valence-corrected chi connectivity index (χ3v) is 9.50. The summed E-state index contributed by atoms with van der Waals surface area (Å²) in [4.78, 5) is 23.5. The second-order valence-electron chi connectivity index (χ2n) is 8.86. The van der Waals surface area contributed by atoms with Crippen molar-refractivity contribution in [3.05, 3.63) is 39.6 Å². The number of aryl methyl sites for hydroxylation is 1. The Morgan fingerprint density at radius 2 is 2.03 bits per heavy atom. The quantitative estimate of drug-likeness (QED) is 0.546. The molecule has 1 atom stereocenters. The van der Waals surface area contributed by atoms with Crippen LogP contribution in [0.1, 0.15) is 41.8 Å². The van der Waals surface area contributed by atoms with Gasteiger partial charge >= 0.3 is 0 Å². The summed E-state index contributed by atoms with van der Waals surface area (Å²) in [7, 11) is -1.12. The predicted octanol–water partition coefficient (Wildman–Crippen LogP) is 3.55. The summed E-state index contributed by atoms with van der Waals surface area (Å²) in [5.74, 6) is 2.59. The summed E-state index contributed by atoms with van der Waals surface area (Å²) < 4.78 is 12.8. The van der Waals surface area contributed by atoms with Crippen LogP contribution in [0.4, 0.5) is 11.8 Å². The van der Waals surface area contributed by atoms with Gasteiger partial charge in [0.2, 0.25) is 5.95 Å². The first-order valence-corrected chi connectivity index (χ1v) is 13.6. The van der Waals surface area contributed by atoms with Crippen LogP contribution in [0.2, 0.25) is 5.02 Å². The molecule has 0 bridgehead atoms. The van der Waals surface area contributed by atoms with E-state index in [1.165, 1.54) is 10.4 Å². The number of anilines is 2. The van der Waals surface area contributed by atoms with E-state index in [9.17, 15) is 9.32 Å². The Kier molecular flexibility index (Phi) is 5.36. The average Bonchev–Trinajstić information content (AvgIpc) is 3.36. The normalized spacial score (nSPS) is 20.8. The molecular weight excluding hydrogens is 480 g/mol. The molecule has 2 aliphatic heterocycles. The highest BCUT2D eigenvalue weighted by atomic mass is 35.5. The summed E-state index contributed by atoms with van der Waals surface area (Å²) >= 11 is 7.59. The van der Waals surface area contributed by atoms with Crippen molar-refractivity contribution >= 4 is 45.5 Å². The Balaban J connectivity index is 1.30. The number of rotatable bonds is 5. The van der Waals surface area contributed by atoms with Gasteiger partial charge in [0.15, 0.2) is 5.82 Å². The molecule has 1 saturated carbocycles. The first-order valence-electron chi connectivity index (χ1n) is 11.1. The lowest BCUT2D eigenvalue weighted by Gasteiger charge is -2.42. The molecule has 33 heavy (non-hydrogen) atoms. The smallest absolute Gasteiger partial charge is 0.228 e. The maximum atomic E-state index is 12.8. The van der Waals surface area contributed by atoms with Crippen molar-refractivity contribution in [3.63, 3.8) is 0 Å². The molecule has 0 spiro atoms. The number of nitrogens with zero attached hydrogens (tertiary/aromatic N) is 5. The van der Waals surface area contributed by atoms with Crippen molar-refractivity contribution in [2.45, 2.75) is 55.6 Å². The molecule has 3 aromatic heterocycles. The number of nitrogens with one attached hydrogen (secondary N) is 1. The summed E-state index contributed by atoms with van der Waals surface area (Å²) in [5.41, 5.74) is 1.72. The van der Waals surface area contributed by atoms with Gasteiger partial charge in [-0.05, 0) is 43.7 Å². The van der Waals surface area contributed by atoms with Crippen molar-refractivity contribution < 1.29 is 9.32 Å². The van der Waals surface area contributed by atoms with E-state index >= 15 is 0 Å². The predicted molar refractivity (Wildman–Crippen MR) is 129 cm³/mol. The van der Waals surface area contributed by atoms with Gasteiger partial charge in [-0.3, -0.25) is 4.21 Å². The number of aromatic nitrogens is 4. The maximum Gasteiger partial charge on any atom is 0.228 e. The lowest BCUT2D eigenvalue weighted by Crippen LogP contribution is -2.49. The fraction of sp³-hybridized carbons (Fsp3) is 0.455. The number of aliphatic hydroxyl groups excluding tert-OH is 1. The molecule has 3 aromatic rings. The Hall–Kier alpha value is -2.14. The van der Waals surface area contributed by atoms with Crippen LogP contribution < -0.4 is 10.2 Å². The van der Waals surface area contributed by atoms with Crippen LogP contribution in [-0.2, 0) is 30.3 Å². The van der Waals surface area contributed by atoms with Crippen LogP contribution >= 0.6 is 22.9 Å². The minimum Gasteiger partial charge on any atom is -0.394 e. The third-order valence-electron chi connectivity index (χ3n) is 6.61. The molecule has 3 aliphatic rings. The number of aliphatic hydroxyl groups is 1. The standard InChI is InChI=1S/C22H23ClN6O2S2/c23-14-8-24-19(25-9-14)16-7-13-10-29(11-17(13)32-16)21-26-15-3-1-6-33(31)18(15)20(27-21)28-22(12-30)4-2-5-22/h7-9,30H,1-6,10-12H2,(H,26,27,28)/t33-/m1/s1. The zero-order valence-electron chi connectivity index (χ0n) is 17.9. The average molecular weight is 503 g/mol. The summed E-state index contributed by atoms with van der Waals surface area (Å²) in [6, 6.07) is 2.13. The van der Waals surface area contributed by atoms with Crippen LogP contribution in [0.15, 0.2) is 23.4 Å². The van der Waals surface area contributed by atoms with Gasteiger partial charge in [-0.1, -0.05) is 11.6 Å². The molecule has 1 aliphatic carbocycles. The first kappa shape index (κ1) is 21.4. The summed E-state index contributed by atoms with van der Waals surface area (Å²) in [6.07, 6.45) is 7.73.